The van der Waals surface area contributed by atoms with Gasteiger partial charge in [-0.05, 0) is 0 Å². The minimum absolute atomic E-state index is 0.318. The van der Waals surface area contributed by atoms with Gasteiger partial charge in [-0.1, -0.05) is 0 Å². The molecule has 0 saturated heterocycles. The summed E-state index contributed by atoms with van der Waals surface area (Å²) in [6.45, 7) is 16.1. The average molecular weight is 564 g/mol. The van der Waals surface area contributed by atoms with E-state index in [1.54, 1.807) is 14.2 Å². The third-order valence-corrected chi connectivity index (χ3v) is 21.6. The Kier molecular flexibility index (Phi) is 17.5. The van der Waals surface area contributed by atoms with Crippen molar-refractivity contribution < 1.29 is 13.9 Å². The van der Waals surface area contributed by atoms with Crippen LogP contribution in [0.3, 0.4) is 0 Å². The van der Waals surface area contributed by atoms with E-state index < -0.39 is 26.7 Å². The van der Waals surface area contributed by atoms with Crippen LogP contribution < -0.4 is 0 Å². The van der Waals surface area contributed by atoms with E-state index in [1.165, 1.54) is 51.8 Å². The first-order chi connectivity index (χ1) is 14.7. The fourth-order valence-electron chi connectivity index (χ4n) is 4.79. The number of rotatable bonds is 20. The van der Waals surface area contributed by atoms with Crippen LogP contribution in [-0.2, 0) is 13.9 Å². The third kappa shape index (κ3) is 12.6. The van der Waals surface area contributed by atoms with Crippen molar-refractivity contribution in [1.29, 1.82) is 0 Å². The van der Waals surface area contributed by atoms with Crippen molar-refractivity contribution in [3.8, 4) is 0 Å². The zero-order valence-corrected chi connectivity index (χ0v) is 26.5. The topological polar surface area (TPSA) is 27.7 Å². The van der Waals surface area contributed by atoms with Gasteiger partial charge >= 0.3 is 202 Å². The van der Waals surface area contributed by atoms with E-state index in [1.807, 2.05) is 0 Å². The Bertz CT molecular complexity index is 438. The summed E-state index contributed by atoms with van der Waals surface area (Å²) in [5.74, 6) is 0. The van der Waals surface area contributed by atoms with E-state index in [0.717, 1.165) is 25.7 Å². The average Bonchev–Trinajstić information content (AvgIpc) is 2.72. The van der Waals surface area contributed by atoms with Gasteiger partial charge in [0.1, 0.15) is 0 Å². The third-order valence-electron chi connectivity index (χ3n) is 6.34. The van der Waals surface area contributed by atoms with Gasteiger partial charge in [-0.15, -0.1) is 0 Å². The van der Waals surface area contributed by atoms with Crippen molar-refractivity contribution >= 4 is 26.7 Å². The summed E-state index contributed by atoms with van der Waals surface area (Å²) in [5, 5.41) is 0. The van der Waals surface area contributed by atoms with Crippen LogP contribution in [0.25, 0.3) is 0 Å². The summed E-state index contributed by atoms with van der Waals surface area (Å²) in [4.78, 5) is 0. The predicted molar refractivity (Wildman–Crippen MR) is 143 cm³/mol. The first-order valence-corrected chi connectivity index (χ1v) is 24.2. The minimum atomic E-state index is -2.30. The second kappa shape index (κ2) is 17.1. The predicted octanol–water partition coefficient (Wildman–Crippen LogP) is 8.72. The van der Waals surface area contributed by atoms with Crippen molar-refractivity contribution in [1.82, 2.24) is 0 Å². The SMILES string of the molecule is CCCCC(CC=[CH][Sn]([CH2]CCC)([CH2]CCC)[CH2]CCC)(O[Si](C)(C)C)C(OC)OC. The molecule has 1 unspecified atom stereocenters. The van der Waals surface area contributed by atoms with E-state index in [0.29, 0.717) is 0 Å². The number of hydrogen-bond acceptors (Lipinski definition) is 3. The van der Waals surface area contributed by atoms with Gasteiger partial charge in [0.15, 0.2) is 0 Å². The molecule has 5 heteroatoms. The van der Waals surface area contributed by atoms with Crippen LogP contribution in [-0.4, -0.2) is 52.8 Å². The van der Waals surface area contributed by atoms with Crippen LogP contribution in [0.1, 0.15) is 91.9 Å². The molecule has 0 heterocycles. The van der Waals surface area contributed by atoms with Crippen LogP contribution in [0.2, 0.25) is 33.0 Å². The summed E-state index contributed by atoms with van der Waals surface area (Å²) >= 11 is -2.30. The molecule has 186 valence electrons. The molecule has 0 aliphatic rings. The first kappa shape index (κ1) is 31.6. The van der Waals surface area contributed by atoms with Gasteiger partial charge in [-0.2, -0.15) is 0 Å². The molecule has 0 aliphatic carbocycles. The Morgan fingerprint density at radius 3 is 1.58 bits per heavy atom. The Balaban J connectivity index is 5.95. The molecule has 0 saturated carbocycles. The Morgan fingerprint density at radius 1 is 0.774 bits per heavy atom. The van der Waals surface area contributed by atoms with Crippen molar-refractivity contribution in [2.75, 3.05) is 14.2 Å². The molecule has 0 fully saturated rings. The van der Waals surface area contributed by atoms with Crippen LogP contribution in [0.5, 0.6) is 0 Å². The molecule has 0 bridgehead atoms. The number of unbranched alkanes of at least 4 members (excludes halogenated alkanes) is 4. The van der Waals surface area contributed by atoms with Crippen molar-refractivity contribution in [2.45, 2.75) is 137 Å². The van der Waals surface area contributed by atoms with Gasteiger partial charge in [0, 0.05) is 0 Å². The monoisotopic (exact) mass is 564 g/mol. The Morgan fingerprint density at radius 2 is 1.23 bits per heavy atom. The van der Waals surface area contributed by atoms with Gasteiger partial charge in [0.05, 0.1) is 0 Å². The van der Waals surface area contributed by atoms with E-state index in [9.17, 15) is 0 Å². The van der Waals surface area contributed by atoms with E-state index in [4.69, 9.17) is 13.9 Å². The molecule has 0 aromatic rings. The van der Waals surface area contributed by atoms with Gasteiger partial charge in [-0.3, -0.25) is 0 Å². The van der Waals surface area contributed by atoms with Crippen LogP contribution in [0.4, 0.5) is 0 Å². The van der Waals surface area contributed by atoms with E-state index in [2.05, 4.69) is 57.5 Å². The Hall–Kier alpha value is 0.636. The zero-order chi connectivity index (χ0) is 23.8. The number of ether oxygens (including phenoxy) is 2. The molecule has 0 spiro atoms. The quantitative estimate of drug-likeness (QED) is 0.110. The summed E-state index contributed by atoms with van der Waals surface area (Å²) in [7, 11) is 1.75. The van der Waals surface area contributed by atoms with E-state index >= 15 is 0 Å². The molecule has 3 nitrogen and oxygen atoms in total. The van der Waals surface area contributed by atoms with Crippen molar-refractivity contribution in [2.24, 2.45) is 0 Å². The number of methoxy groups -OCH3 is 2. The van der Waals surface area contributed by atoms with E-state index in [-0.39, 0.29) is 11.9 Å². The number of hydrogen-bond donors (Lipinski definition) is 0. The molecular formula is C26H56O3SiSn. The van der Waals surface area contributed by atoms with Crippen LogP contribution in [0.15, 0.2) is 10.2 Å². The molecular weight excluding hydrogens is 507 g/mol. The zero-order valence-electron chi connectivity index (χ0n) is 22.6. The molecule has 0 N–H and O–H groups in total. The molecule has 0 radical (unpaired) electrons. The summed E-state index contributed by atoms with van der Waals surface area (Å²) in [6, 6.07) is 0. The normalized spacial score (nSPS) is 15.2. The molecule has 0 rings (SSSR count). The van der Waals surface area contributed by atoms with Gasteiger partial charge in [0.25, 0.3) is 0 Å². The summed E-state index contributed by atoms with van der Waals surface area (Å²) in [5.41, 5.74) is -0.377. The van der Waals surface area contributed by atoms with Crippen molar-refractivity contribution in [3.63, 3.8) is 0 Å². The van der Waals surface area contributed by atoms with Gasteiger partial charge in [-0.25, -0.2) is 0 Å². The second-order valence-electron chi connectivity index (χ2n) is 10.5. The summed E-state index contributed by atoms with van der Waals surface area (Å²) < 4.78 is 25.9. The molecule has 0 aliphatic heterocycles. The van der Waals surface area contributed by atoms with Gasteiger partial charge < -0.3 is 0 Å². The molecule has 0 amide bonds. The summed E-state index contributed by atoms with van der Waals surface area (Å²) in [6.07, 6.45) is 14.6. The molecule has 1 atom stereocenters. The Labute approximate surface area is 201 Å². The van der Waals surface area contributed by atoms with Crippen molar-refractivity contribution in [3.05, 3.63) is 10.2 Å². The molecule has 0 aromatic heterocycles. The fourth-order valence-corrected chi connectivity index (χ4v) is 20.7. The maximum absolute atomic E-state index is 6.89. The molecule has 0 aromatic carbocycles. The molecule has 31 heavy (non-hydrogen) atoms. The first-order valence-electron chi connectivity index (χ1n) is 13.1. The standard InChI is InChI=1S/C14H29O3Si.3C4H9.Sn/c1-8-10-12-14(11-9-2,13(15-3)16-4)17-18(5,6)7;3*1-3-4-2;/h2,9,13H,8,10-12H2,1,3-7H3;3*1,3-4H2,2H3;. The van der Waals surface area contributed by atoms with Crippen LogP contribution >= 0.6 is 0 Å². The fraction of sp³-hybridized carbons (Fsp3) is 0.923. The second-order valence-corrected chi connectivity index (χ2v) is 27.9. The maximum atomic E-state index is 6.89. The van der Waals surface area contributed by atoms with Crippen LogP contribution in [0, 0.1) is 0 Å². The van der Waals surface area contributed by atoms with Gasteiger partial charge in [0.2, 0.25) is 0 Å².